The van der Waals surface area contributed by atoms with Crippen LogP contribution in [0, 0.1) is 13.8 Å². The van der Waals surface area contributed by atoms with Crippen molar-refractivity contribution in [2.24, 2.45) is 0 Å². The van der Waals surface area contributed by atoms with Gasteiger partial charge in [-0.3, -0.25) is 4.79 Å². The number of rotatable bonds is 10. The van der Waals surface area contributed by atoms with E-state index in [1.165, 1.54) is 30.2 Å². The van der Waals surface area contributed by atoms with Crippen LogP contribution in [-0.2, 0) is 16.1 Å². The van der Waals surface area contributed by atoms with E-state index < -0.39 is 5.97 Å². The minimum atomic E-state index is -0.506. The van der Waals surface area contributed by atoms with Crippen LogP contribution in [0.4, 0.5) is 5.00 Å². The standard InChI is InChI=1S/C28H29ClN4O4S2/c1-6-33-25(18(4)37-20-12-16(2)24(29)17(3)13-20)31-32-28(33)39-15-22(34)30-26-23(27(35)36-5)21(14-38-26)19-10-8-7-9-11-19/h7-14,18H,6,15H2,1-5H3,(H,30,34). The molecule has 0 saturated carbocycles. The van der Waals surface area contributed by atoms with Gasteiger partial charge >= 0.3 is 5.97 Å². The summed E-state index contributed by atoms with van der Waals surface area (Å²) in [5.41, 5.74) is 3.80. The molecule has 0 radical (unpaired) electrons. The summed E-state index contributed by atoms with van der Waals surface area (Å²) in [7, 11) is 1.32. The molecule has 4 rings (SSSR count). The molecule has 39 heavy (non-hydrogen) atoms. The Hall–Kier alpha value is -3.34. The summed E-state index contributed by atoms with van der Waals surface area (Å²) in [6.07, 6.45) is -0.370. The molecule has 1 unspecified atom stereocenters. The minimum absolute atomic E-state index is 0.0854. The molecule has 1 N–H and O–H groups in total. The molecule has 0 spiro atoms. The number of aromatic nitrogens is 3. The lowest BCUT2D eigenvalue weighted by molar-refractivity contribution is -0.113. The van der Waals surface area contributed by atoms with E-state index in [4.69, 9.17) is 21.1 Å². The maximum absolute atomic E-state index is 12.9. The van der Waals surface area contributed by atoms with Crippen molar-refractivity contribution in [3.63, 3.8) is 0 Å². The largest absolute Gasteiger partial charge is 0.483 e. The first-order valence-corrected chi connectivity index (χ1v) is 14.5. The Morgan fingerprint density at radius 2 is 1.85 bits per heavy atom. The van der Waals surface area contributed by atoms with Gasteiger partial charge in [-0.15, -0.1) is 21.5 Å². The third-order valence-corrected chi connectivity index (χ3v) is 8.46. The number of ether oxygens (including phenoxy) is 2. The van der Waals surface area contributed by atoms with Gasteiger partial charge in [0, 0.05) is 22.5 Å². The van der Waals surface area contributed by atoms with Crippen molar-refractivity contribution < 1.29 is 19.1 Å². The van der Waals surface area contributed by atoms with Crippen LogP contribution in [0.1, 0.15) is 47.3 Å². The minimum Gasteiger partial charge on any atom is -0.483 e. The highest BCUT2D eigenvalue weighted by molar-refractivity contribution is 7.99. The normalized spacial score (nSPS) is 11.7. The van der Waals surface area contributed by atoms with Crippen LogP contribution in [0.2, 0.25) is 5.02 Å². The average molecular weight is 585 g/mol. The molecule has 0 saturated heterocycles. The van der Waals surface area contributed by atoms with Gasteiger partial charge in [0.15, 0.2) is 17.1 Å². The number of hydrogen-bond acceptors (Lipinski definition) is 8. The summed E-state index contributed by atoms with van der Waals surface area (Å²) in [6, 6.07) is 13.3. The quantitative estimate of drug-likeness (QED) is 0.159. The topological polar surface area (TPSA) is 95.3 Å². The number of nitrogens with zero attached hydrogens (tertiary/aromatic N) is 3. The molecule has 204 valence electrons. The fourth-order valence-electron chi connectivity index (χ4n) is 4.11. The van der Waals surface area contributed by atoms with Gasteiger partial charge in [-0.25, -0.2) is 4.79 Å². The Kier molecular flexibility index (Phi) is 9.32. The van der Waals surface area contributed by atoms with Crippen LogP contribution in [0.15, 0.2) is 53.0 Å². The molecule has 11 heteroatoms. The lowest BCUT2D eigenvalue weighted by Gasteiger charge is -2.17. The number of thiophene rings is 1. The fourth-order valence-corrected chi connectivity index (χ4v) is 6.01. The number of thioether (sulfide) groups is 1. The average Bonchev–Trinajstić information content (AvgIpc) is 3.54. The number of carbonyl (C=O) groups is 2. The highest BCUT2D eigenvalue weighted by Crippen LogP contribution is 2.36. The fraction of sp³-hybridized carbons (Fsp3) is 0.286. The van der Waals surface area contributed by atoms with Crippen molar-refractivity contribution >= 4 is 51.6 Å². The molecule has 4 aromatic rings. The first-order valence-electron chi connectivity index (χ1n) is 12.3. The second-order valence-electron chi connectivity index (χ2n) is 8.76. The molecule has 2 aromatic carbocycles. The molecule has 2 heterocycles. The molecular weight excluding hydrogens is 556 g/mol. The number of methoxy groups -OCH3 is 1. The van der Waals surface area contributed by atoms with E-state index in [0.717, 1.165) is 21.7 Å². The van der Waals surface area contributed by atoms with E-state index in [9.17, 15) is 9.59 Å². The molecule has 8 nitrogen and oxygen atoms in total. The molecule has 1 amide bonds. The second kappa shape index (κ2) is 12.7. The summed E-state index contributed by atoms with van der Waals surface area (Å²) in [6.45, 7) is 8.38. The number of halogens is 1. The summed E-state index contributed by atoms with van der Waals surface area (Å²) in [5, 5.41) is 15.1. The van der Waals surface area contributed by atoms with Crippen molar-refractivity contribution in [3.05, 3.63) is 75.4 Å². The van der Waals surface area contributed by atoms with E-state index in [1.54, 1.807) is 0 Å². The smallest absolute Gasteiger partial charge is 0.341 e. The third-order valence-electron chi connectivity index (χ3n) is 6.00. The number of aryl methyl sites for hydroxylation is 2. The molecular formula is C28H29ClN4O4S2. The summed E-state index contributed by atoms with van der Waals surface area (Å²) < 4.78 is 13.1. The Labute approximate surface area is 240 Å². The number of amides is 1. The second-order valence-corrected chi connectivity index (χ2v) is 11.0. The zero-order valence-corrected chi connectivity index (χ0v) is 24.7. The molecule has 0 bridgehead atoms. The predicted octanol–water partition coefficient (Wildman–Crippen LogP) is 6.95. The van der Waals surface area contributed by atoms with Crippen molar-refractivity contribution in [1.82, 2.24) is 14.8 Å². The number of esters is 1. The van der Waals surface area contributed by atoms with E-state index >= 15 is 0 Å². The summed E-state index contributed by atoms with van der Waals surface area (Å²) in [4.78, 5) is 25.5. The Bertz CT molecular complexity index is 1460. The van der Waals surface area contributed by atoms with Gasteiger partial charge in [0.1, 0.15) is 16.3 Å². The van der Waals surface area contributed by atoms with E-state index in [0.29, 0.717) is 39.4 Å². The Balaban J connectivity index is 1.45. The van der Waals surface area contributed by atoms with Gasteiger partial charge in [0.2, 0.25) is 5.91 Å². The number of carbonyl (C=O) groups excluding carboxylic acids is 2. The number of anilines is 1. The van der Waals surface area contributed by atoms with Crippen molar-refractivity contribution in [3.8, 4) is 16.9 Å². The van der Waals surface area contributed by atoms with Crippen molar-refractivity contribution in [2.75, 3.05) is 18.2 Å². The number of hydrogen-bond donors (Lipinski definition) is 1. The third kappa shape index (κ3) is 6.46. The zero-order chi connectivity index (χ0) is 28.1. The zero-order valence-electron chi connectivity index (χ0n) is 22.3. The monoisotopic (exact) mass is 584 g/mol. The first kappa shape index (κ1) is 28.7. The molecule has 0 aliphatic heterocycles. The molecule has 1 atom stereocenters. The van der Waals surface area contributed by atoms with Crippen LogP contribution in [0.5, 0.6) is 5.75 Å². The lowest BCUT2D eigenvalue weighted by Crippen LogP contribution is -2.17. The van der Waals surface area contributed by atoms with E-state index in [-0.39, 0.29) is 17.8 Å². The van der Waals surface area contributed by atoms with E-state index in [1.807, 2.05) is 80.1 Å². The SMILES string of the molecule is CCn1c(SCC(=O)Nc2scc(-c3ccccc3)c2C(=O)OC)nnc1C(C)Oc1cc(C)c(Cl)c(C)c1. The maximum Gasteiger partial charge on any atom is 0.341 e. The van der Waals surface area contributed by atoms with Gasteiger partial charge in [-0.05, 0) is 56.5 Å². The Morgan fingerprint density at radius 1 is 1.15 bits per heavy atom. The summed E-state index contributed by atoms with van der Waals surface area (Å²) in [5.74, 6) is 0.670. The highest BCUT2D eigenvalue weighted by Gasteiger charge is 2.23. The number of benzene rings is 2. The molecule has 0 fully saturated rings. The molecule has 0 aliphatic carbocycles. The molecule has 2 aromatic heterocycles. The Morgan fingerprint density at radius 3 is 2.49 bits per heavy atom. The van der Waals surface area contributed by atoms with Crippen LogP contribution >= 0.6 is 34.7 Å². The van der Waals surface area contributed by atoms with E-state index in [2.05, 4.69) is 15.5 Å². The highest BCUT2D eigenvalue weighted by atomic mass is 35.5. The van der Waals surface area contributed by atoms with Crippen LogP contribution in [0.3, 0.4) is 0 Å². The van der Waals surface area contributed by atoms with Crippen LogP contribution < -0.4 is 10.1 Å². The van der Waals surface area contributed by atoms with Crippen molar-refractivity contribution in [1.29, 1.82) is 0 Å². The van der Waals surface area contributed by atoms with Crippen molar-refractivity contribution in [2.45, 2.75) is 45.5 Å². The van der Waals surface area contributed by atoms with Gasteiger partial charge < -0.3 is 19.4 Å². The summed E-state index contributed by atoms with van der Waals surface area (Å²) >= 11 is 8.84. The van der Waals surface area contributed by atoms with Crippen LogP contribution in [0.25, 0.3) is 11.1 Å². The lowest BCUT2D eigenvalue weighted by atomic mass is 10.0. The first-order chi connectivity index (χ1) is 18.7. The van der Waals surface area contributed by atoms with Gasteiger partial charge in [-0.1, -0.05) is 53.7 Å². The van der Waals surface area contributed by atoms with Gasteiger partial charge in [-0.2, -0.15) is 0 Å². The van der Waals surface area contributed by atoms with Crippen LogP contribution in [-0.4, -0.2) is 39.5 Å². The number of nitrogens with one attached hydrogen (secondary N) is 1. The van der Waals surface area contributed by atoms with Gasteiger partial charge in [0.25, 0.3) is 0 Å². The molecule has 0 aliphatic rings. The van der Waals surface area contributed by atoms with Gasteiger partial charge in [0.05, 0.1) is 12.9 Å². The predicted molar refractivity (Wildman–Crippen MR) is 156 cm³/mol. The maximum atomic E-state index is 12.9.